The van der Waals surface area contributed by atoms with E-state index in [4.69, 9.17) is 16.3 Å². The van der Waals surface area contributed by atoms with Gasteiger partial charge in [-0.05, 0) is 43.7 Å². The van der Waals surface area contributed by atoms with Crippen LogP contribution in [0, 0.1) is 0 Å². The Kier molecular flexibility index (Phi) is 8.04. The Morgan fingerprint density at radius 3 is 2.45 bits per heavy atom. The standard InChI is InChI=1S/C20H23ClN2O5S/c1-3-28-20(25)17-14-15(11-12-18(17)21)22-19(24)10-7-13-23(29(2,26)27)16-8-5-4-6-9-16/h4-6,8-9,11-12,14H,3,7,10,13H2,1-2H3,(H,22,24). The van der Waals surface area contributed by atoms with E-state index in [2.05, 4.69) is 5.32 Å². The Morgan fingerprint density at radius 2 is 1.83 bits per heavy atom. The number of rotatable bonds is 9. The van der Waals surface area contributed by atoms with Crippen LogP contribution in [0.15, 0.2) is 48.5 Å². The minimum atomic E-state index is -3.46. The van der Waals surface area contributed by atoms with Crippen LogP contribution in [0.4, 0.5) is 11.4 Å². The Hall–Kier alpha value is -2.58. The predicted octanol–water partition coefficient (Wildman–Crippen LogP) is 3.70. The van der Waals surface area contributed by atoms with E-state index in [1.807, 2.05) is 0 Å². The van der Waals surface area contributed by atoms with Gasteiger partial charge in [-0.1, -0.05) is 29.8 Å². The number of carbonyl (C=O) groups is 2. The summed E-state index contributed by atoms with van der Waals surface area (Å²) < 4.78 is 30.3. The third kappa shape index (κ3) is 6.76. The molecule has 156 valence electrons. The second-order valence-electron chi connectivity index (χ2n) is 6.24. The molecule has 2 aromatic rings. The molecule has 0 heterocycles. The maximum atomic E-state index is 12.2. The highest BCUT2D eigenvalue weighted by Crippen LogP contribution is 2.22. The molecule has 1 amide bonds. The van der Waals surface area contributed by atoms with Gasteiger partial charge in [0, 0.05) is 18.7 Å². The number of carbonyl (C=O) groups excluding carboxylic acids is 2. The second kappa shape index (κ2) is 10.3. The molecule has 2 rings (SSSR count). The average molecular weight is 439 g/mol. The van der Waals surface area contributed by atoms with Gasteiger partial charge in [0.2, 0.25) is 15.9 Å². The Labute approximate surface area is 175 Å². The van der Waals surface area contributed by atoms with Crippen LogP contribution >= 0.6 is 11.6 Å². The summed E-state index contributed by atoms with van der Waals surface area (Å²) in [5.41, 5.74) is 1.12. The third-order valence-corrected chi connectivity index (χ3v) is 5.48. The molecule has 0 aromatic heterocycles. The summed E-state index contributed by atoms with van der Waals surface area (Å²) in [5.74, 6) is -0.871. The highest BCUT2D eigenvalue weighted by molar-refractivity contribution is 7.92. The van der Waals surface area contributed by atoms with Crippen LogP contribution in [0.5, 0.6) is 0 Å². The summed E-state index contributed by atoms with van der Waals surface area (Å²) in [6, 6.07) is 13.2. The first-order valence-corrected chi connectivity index (χ1v) is 11.2. The van der Waals surface area contributed by atoms with E-state index in [9.17, 15) is 18.0 Å². The van der Waals surface area contributed by atoms with E-state index in [0.29, 0.717) is 17.8 Å². The minimum Gasteiger partial charge on any atom is -0.462 e. The molecule has 0 aliphatic rings. The summed E-state index contributed by atoms with van der Waals surface area (Å²) in [5, 5.41) is 2.92. The molecular formula is C20H23ClN2O5S. The molecule has 0 radical (unpaired) electrons. The Morgan fingerprint density at radius 1 is 1.14 bits per heavy atom. The number of nitrogens with one attached hydrogen (secondary N) is 1. The monoisotopic (exact) mass is 438 g/mol. The van der Waals surface area contributed by atoms with Gasteiger partial charge in [-0.2, -0.15) is 0 Å². The molecule has 0 saturated carbocycles. The molecular weight excluding hydrogens is 416 g/mol. The molecule has 0 saturated heterocycles. The zero-order valence-corrected chi connectivity index (χ0v) is 17.8. The van der Waals surface area contributed by atoms with Gasteiger partial charge in [0.1, 0.15) is 0 Å². The molecule has 0 spiro atoms. The lowest BCUT2D eigenvalue weighted by Crippen LogP contribution is -2.31. The van der Waals surface area contributed by atoms with E-state index in [1.165, 1.54) is 16.4 Å². The summed E-state index contributed by atoms with van der Waals surface area (Å²) in [4.78, 5) is 24.1. The molecule has 1 N–H and O–H groups in total. The number of ether oxygens (including phenoxy) is 1. The molecule has 9 heteroatoms. The van der Waals surface area contributed by atoms with Crippen molar-refractivity contribution in [1.82, 2.24) is 0 Å². The van der Waals surface area contributed by atoms with Crippen LogP contribution in [0.25, 0.3) is 0 Å². The molecule has 0 bridgehead atoms. The van der Waals surface area contributed by atoms with Gasteiger partial charge >= 0.3 is 5.97 Å². The summed E-state index contributed by atoms with van der Waals surface area (Å²) in [6.45, 7) is 2.07. The smallest absolute Gasteiger partial charge is 0.339 e. The maximum Gasteiger partial charge on any atom is 0.339 e. The lowest BCUT2D eigenvalue weighted by molar-refractivity contribution is -0.116. The summed E-state index contributed by atoms with van der Waals surface area (Å²) in [6.07, 6.45) is 1.56. The van der Waals surface area contributed by atoms with Crippen molar-refractivity contribution < 1.29 is 22.7 Å². The van der Waals surface area contributed by atoms with E-state index in [1.54, 1.807) is 43.3 Å². The highest BCUT2D eigenvalue weighted by atomic mass is 35.5. The van der Waals surface area contributed by atoms with E-state index in [-0.39, 0.29) is 36.1 Å². The molecule has 29 heavy (non-hydrogen) atoms. The van der Waals surface area contributed by atoms with Gasteiger partial charge in [-0.3, -0.25) is 9.10 Å². The van der Waals surface area contributed by atoms with Crippen LogP contribution in [0.1, 0.15) is 30.1 Å². The molecule has 0 atom stereocenters. The number of esters is 1. The van der Waals surface area contributed by atoms with E-state index in [0.717, 1.165) is 6.26 Å². The van der Waals surface area contributed by atoms with Gasteiger partial charge in [0.15, 0.2) is 0 Å². The highest BCUT2D eigenvalue weighted by Gasteiger charge is 2.18. The normalized spacial score (nSPS) is 11.0. The molecule has 0 unspecified atom stereocenters. The maximum absolute atomic E-state index is 12.2. The number of halogens is 1. The SMILES string of the molecule is CCOC(=O)c1cc(NC(=O)CCCN(c2ccccc2)S(C)(=O)=O)ccc1Cl. The zero-order chi connectivity index (χ0) is 21.4. The van der Waals surface area contributed by atoms with Crippen LogP contribution in [-0.2, 0) is 19.6 Å². The van der Waals surface area contributed by atoms with E-state index < -0.39 is 16.0 Å². The van der Waals surface area contributed by atoms with Crippen molar-refractivity contribution in [3.8, 4) is 0 Å². The number of para-hydroxylation sites is 1. The van der Waals surface area contributed by atoms with Crippen LogP contribution in [0.2, 0.25) is 5.02 Å². The van der Waals surface area contributed by atoms with Gasteiger partial charge in [-0.15, -0.1) is 0 Å². The van der Waals surface area contributed by atoms with Gasteiger partial charge in [0.25, 0.3) is 0 Å². The van der Waals surface area contributed by atoms with Crippen molar-refractivity contribution >= 4 is 44.9 Å². The fourth-order valence-electron chi connectivity index (χ4n) is 2.66. The minimum absolute atomic E-state index is 0.107. The van der Waals surface area contributed by atoms with Crippen LogP contribution < -0.4 is 9.62 Å². The Balaban J connectivity index is 1.97. The lowest BCUT2D eigenvalue weighted by atomic mass is 10.2. The number of sulfonamides is 1. The number of anilines is 2. The molecule has 7 nitrogen and oxygen atoms in total. The molecule has 0 fully saturated rings. The average Bonchev–Trinajstić information content (AvgIpc) is 2.66. The number of nitrogens with zero attached hydrogens (tertiary/aromatic N) is 1. The topological polar surface area (TPSA) is 92.8 Å². The quantitative estimate of drug-likeness (QED) is 0.602. The van der Waals surface area contributed by atoms with Crippen LogP contribution in [0.3, 0.4) is 0 Å². The fourth-order valence-corrected chi connectivity index (χ4v) is 3.82. The predicted molar refractivity (Wildman–Crippen MR) is 114 cm³/mol. The third-order valence-electron chi connectivity index (χ3n) is 3.96. The zero-order valence-electron chi connectivity index (χ0n) is 16.2. The number of benzene rings is 2. The van der Waals surface area contributed by atoms with Crippen molar-refractivity contribution in [2.24, 2.45) is 0 Å². The van der Waals surface area contributed by atoms with E-state index >= 15 is 0 Å². The first-order chi connectivity index (χ1) is 13.7. The molecule has 2 aromatic carbocycles. The van der Waals surface area contributed by atoms with Gasteiger partial charge in [0.05, 0.1) is 29.1 Å². The lowest BCUT2D eigenvalue weighted by Gasteiger charge is -2.22. The second-order valence-corrected chi connectivity index (χ2v) is 8.55. The first kappa shape index (κ1) is 22.7. The molecule has 0 aliphatic heterocycles. The Bertz CT molecular complexity index is 964. The number of hydrogen-bond donors (Lipinski definition) is 1. The van der Waals surface area contributed by atoms with Gasteiger partial charge < -0.3 is 10.1 Å². The van der Waals surface area contributed by atoms with Crippen molar-refractivity contribution in [2.75, 3.05) is 29.0 Å². The van der Waals surface area contributed by atoms with Crippen LogP contribution in [-0.4, -0.2) is 39.7 Å². The largest absolute Gasteiger partial charge is 0.462 e. The summed E-state index contributed by atoms with van der Waals surface area (Å²) >= 11 is 6.01. The van der Waals surface area contributed by atoms with Crippen molar-refractivity contribution in [1.29, 1.82) is 0 Å². The van der Waals surface area contributed by atoms with Crippen molar-refractivity contribution in [3.63, 3.8) is 0 Å². The summed E-state index contributed by atoms with van der Waals surface area (Å²) in [7, 11) is -3.46. The molecule has 0 aliphatic carbocycles. The first-order valence-electron chi connectivity index (χ1n) is 9.01. The number of amides is 1. The van der Waals surface area contributed by atoms with Crippen molar-refractivity contribution in [2.45, 2.75) is 19.8 Å². The fraction of sp³-hybridized carbons (Fsp3) is 0.300. The van der Waals surface area contributed by atoms with Crippen molar-refractivity contribution in [3.05, 3.63) is 59.1 Å². The number of hydrogen-bond acceptors (Lipinski definition) is 5. The van der Waals surface area contributed by atoms with Gasteiger partial charge in [-0.25, -0.2) is 13.2 Å².